The number of sulfonamides is 1. The summed E-state index contributed by atoms with van der Waals surface area (Å²) in [6.07, 6.45) is 2.28. The average molecular weight is 419 g/mol. The highest BCUT2D eigenvalue weighted by molar-refractivity contribution is 7.89. The van der Waals surface area contributed by atoms with E-state index >= 15 is 0 Å². The van der Waals surface area contributed by atoms with Gasteiger partial charge in [0.05, 0.1) is 17.1 Å². The van der Waals surface area contributed by atoms with Gasteiger partial charge in [-0.05, 0) is 56.1 Å². The van der Waals surface area contributed by atoms with Gasteiger partial charge in [-0.15, -0.1) is 0 Å². The summed E-state index contributed by atoms with van der Waals surface area (Å²) < 4.78 is 46.5. The highest BCUT2D eigenvalue weighted by Crippen LogP contribution is 2.38. The second kappa shape index (κ2) is 8.14. The zero-order valence-electron chi connectivity index (χ0n) is 16.6. The Morgan fingerprint density at radius 3 is 2.41 bits per heavy atom. The smallest absolute Gasteiger partial charge is 0.243 e. The molecule has 156 valence electrons. The maximum absolute atomic E-state index is 13.1. The van der Waals surface area contributed by atoms with Crippen LogP contribution < -0.4 is 0 Å². The summed E-state index contributed by atoms with van der Waals surface area (Å²) in [7, 11) is -1.48. The lowest BCUT2D eigenvalue weighted by Gasteiger charge is -2.38. The lowest BCUT2D eigenvalue weighted by molar-refractivity contribution is -0.0316. The van der Waals surface area contributed by atoms with Gasteiger partial charge in [-0.3, -0.25) is 4.90 Å². The molecule has 0 aliphatic carbocycles. The maximum Gasteiger partial charge on any atom is 0.243 e. The van der Waals surface area contributed by atoms with Crippen LogP contribution in [0.25, 0.3) is 0 Å². The summed E-state index contributed by atoms with van der Waals surface area (Å²) in [5, 5.41) is 0. The summed E-state index contributed by atoms with van der Waals surface area (Å²) in [5.74, 6) is -0.438. The summed E-state index contributed by atoms with van der Waals surface area (Å²) in [4.78, 5) is 2.47. The molecule has 2 aromatic rings. The lowest BCUT2D eigenvalue weighted by Crippen LogP contribution is -2.46. The number of likely N-dealkylation sites (N-methyl/N-ethyl adjacent to an activating group) is 1. The van der Waals surface area contributed by atoms with Crippen molar-refractivity contribution >= 4 is 10.0 Å². The first kappa shape index (κ1) is 20.5. The maximum atomic E-state index is 13.1. The van der Waals surface area contributed by atoms with E-state index in [2.05, 4.69) is 24.1 Å². The van der Waals surface area contributed by atoms with E-state index < -0.39 is 15.8 Å². The fraction of sp³-hybridized carbons (Fsp3) is 0.455. The van der Waals surface area contributed by atoms with Crippen molar-refractivity contribution in [2.24, 2.45) is 0 Å². The van der Waals surface area contributed by atoms with Crippen LogP contribution in [0.5, 0.6) is 0 Å². The minimum atomic E-state index is -3.59. The number of hydrogen-bond acceptors (Lipinski definition) is 4. The number of nitrogens with zero attached hydrogens (tertiary/aromatic N) is 2. The molecule has 29 heavy (non-hydrogen) atoms. The van der Waals surface area contributed by atoms with Crippen molar-refractivity contribution < 1.29 is 17.5 Å². The molecule has 2 fully saturated rings. The van der Waals surface area contributed by atoms with Gasteiger partial charge >= 0.3 is 0 Å². The van der Waals surface area contributed by atoms with Crippen LogP contribution >= 0.6 is 0 Å². The van der Waals surface area contributed by atoms with E-state index in [0.29, 0.717) is 38.6 Å². The molecule has 0 aromatic heterocycles. The first-order valence-corrected chi connectivity index (χ1v) is 11.5. The topological polar surface area (TPSA) is 49.9 Å². The first-order valence-electron chi connectivity index (χ1n) is 10.0. The minimum absolute atomic E-state index is 0.141. The average Bonchev–Trinajstić information content (AvgIpc) is 3.13. The van der Waals surface area contributed by atoms with E-state index in [1.807, 2.05) is 18.2 Å². The molecule has 0 amide bonds. The van der Waals surface area contributed by atoms with Gasteiger partial charge in [0.15, 0.2) is 0 Å². The summed E-state index contributed by atoms with van der Waals surface area (Å²) in [6.45, 7) is 2.40. The van der Waals surface area contributed by atoms with Gasteiger partial charge in [0.2, 0.25) is 10.0 Å². The van der Waals surface area contributed by atoms with Crippen molar-refractivity contribution in [3.8, 4) is 0 Å². The number of rotatable bonds is 5. The normalized spacial score (nSPS) is 22.4. The lowest BCUT2D eigenvalue weighted by atomic mass is 9.88. The number of ether oxygens (including phenoxy) is 1. The molecule has 0 N–H and O–H groups in total. The molecule has 7 heteroatoms. The van der Waals surface area contributed by atoms with E-state index in [1.54, 1.807) is 0 Å². The molecule has 2 aromatic carbocycles. The van der Waals surface area contributed by atoms with E-state index in [0.717, 1.165) is 13.0 Å². The Labute approximate surface area is 172 Å². The molecule has 2 aliphatic heterocycles. The highest BCUT2D eigenvalue weighted by atomic mass is 32.2. The largest absolute Gasteiger partial charge is 0.373 e. The first-order chi connectivity index (χ1) is 13.9. The Balaban J connectivity index is 1.36. The molecule has 4 rings (SSSR count). The van der Waals surface area contributed by atoms with Crippen LogP contribution in [0.3, 0.4) is 0 Å². The summed E-state index contributed by atoms with van der Waals surface area (Å²) in [5.41, 5.74) is 1.03. The third kappa shape index (κ3) is 4.38. The minimum Gasteiger partial charge on any atom is -0.373 e. The van der Waals surface area contributed by atoms with Gasteiger partial charge in [0.1, 0.15) is 5.82 Å². The van der Waals surface area contributed by atoms with Crippen molar-refractivity contribution in [3.63, 3.8) is 0 Å². The number of benzene rings is 2. The monoisotopic (exact) mass is 418 g/mol. The van der Waals surface area contributed by atoms with E-state index in [4.69, 9.17) is 4.74 Å². The molecule has 0 radical (unpaired) electrons. The molecule has 2 saturated heterocycles. The van der Waals surface area contributed by atoms with Gasteiger partial charge in [-0.2, -0.15) is 4.31 Å². The zero-order valence-corrected chi connectivity index (χ0v) is 17.4. The summed E-state index contributed by atoms with van der Waals surface area (Å²) in [6, 6.07) is 15.7. The number of hydrogen-bond donors (Lipinski definition) is 0. The molecule has 1 atom stereocenters. The quantitative estimate of drug-likeness (QED) is 0.748. The fourth-order valence-electron chi connectivity index (χ4n) is 4.34. The van der Waals surface area contributed by atoms with Crippen LogP contribution in [0, 0.1) is 5.82 Å². The molecule has 0 unspecified atom stereocenters. The van der Waals surface area contributed by atoms with Crippen LogP contribution in [0.15, 0.2) is 59.5 Å². The van der Waals surface area contributed by atoms with Crippen LogP contribution in [-0.2, 0) is 21.3 Å². The van der Waals surface area contributed by atoms with Gasteiger partial charge in [-0.1, -0.05) is 30.3 Å². The number of halogens is 1. The molecule has 0 bridgehead atoms. The van der Waals surface area contributed by atoms with Crippen molar-refractivity contribution in [1.29, 1.82) is 0 Å². The number of piperidine rings is 1. The molecular formula is C22H27FN2O3S. The molecule has 1 spiro atoms. The van der Waals surface area contributed by atoms with Crippen LogP contribution in [-0.4, -0.2) is 56.0 Å². The summed E-state index contributed by atoms with van der Waals surface area (Å²) >= 11 is 0. The molecule has 2 aliphatic rings. The third-order valence-electron chi connectivity index (χ3n) is 6.17. The fourth-order valence-corrected chi connectivity index (χ4v) is 5.78. The molecule has 5 nitrogen and oxygen atoms in total. The highest BCUT2D eigenvalue weighted by Gasteiger charge is 2.45. The van der Waals surface area contributed by atoms with Crippen LogP contribution in [0.2, 0.25) is 0 Å². The Morgan fingerprint density at radius 2 is 1.76 bits per heavy atom. The van der Waals surface area contributed by atoms with E-state index in [-0.39, 0.29) is 10.5 Å². The van der Waals surface area contributed by atoms with Crippen molar-refractivity contribution in [1.82, 2.24) is 9.21 Å². The van der Waals surface area contributed by atoms with Gasteiger partial charge in [0, 0.05) is 25.7 Å². The van der Waals surface area contributed by atoms with E-state index in [9.17, 15) is 12.8 Å². The van der Waals surface area contributed by atoms with Gasteiger partial charge < -0.3 is 4.74 Å². The Morgan fingerprint density at radius 1 is 1.10 bits per heavy atom. The Kier molecular flexibility index (Phi) is 5.75. The third-order valence-corrected chi connectivity index (χ3v) is 8.09. The predicted octanol–water partition coefficient (Wildman–Crippen LogP) is 3.27. The molecular weight excluding hydrogens is 391 g/mol. The van der Waals surface area contributed by atoms with Gasteiger partial charge in [-0.25, -0.2) is 12.8 Å². The van der Waals surface area contributed by atoms with Crippen molar-refractivity contribution in [2.75, 3.05) is 26.7 Å². The SMILES string of the molecule is CN(Cc1ccccc1)[C@H]1COC2(CCN(S(=O)(=O)c3ccc(F)cc3)CC2)C1. The van der Waals surface area contributed by atoms with Crippen LogP contribution in [0.4, 0.5) is 4.39 Å². The van der Waals surface area contributed by atoms with Crippen molar-refractivity contribution in [2.45, 2.75) is 42.3 Å². The zero-order chi connectivity index (χ0) is 20.5. The predicted molar refractivity (Wildman–Crippen MR) is 109 cm³/mol. The van der Waals surface area contributed by atoms with E-state index in [1.165, 1.54) is 34.1 Å². The molecule has 2 heterocycles. The second-order valence-electron chi connectivity index (χ2n) is 8.11. The van der Waals surface area contributed by atoms with Gasteiger partial charge in [0.25, 0.3) is 0 Å². The molecule has 0 saturated carbocycles. The Bertz CT molecular complexity index is 926. The standard InChI is InChI=1S/C22H27FN2O3S/c1-24(16-18-5-3-2-4-6-18)20-15-22(28-17-20)11-13-25(14-12-22)29(26,27)21-9-7-19(23)8-10-21/h2-10,20H,11-17H2,1H3/t20-/m1/s1. The second-order valence-corrected chi connectivity index (χ2v) is 10.0. The Hall–Kier alpha value is -1.80. The van der Waals surface area contributed by atoms with Crippen molar-refractivity contribution in [3.05, 3.63) is 66.0 Å². The van der Waals surface area contributed by atoms with Crippen LogP contribution in [0.1, 0.15) is 24.8 Å².